The number of amides is 2. The first-order chi connectivity index (χ1) is 17.9. The van der Waals surface area contributed by atoms with E-state index < -0.39 is 11.4 Å². The predicted molar refractivity (Wildman–Crippen MR) is 144 cm³/mol. The Morgan fingerprint density at radius 3 is 2.61 bits per heavy atom. The van der Waals surface area contributed by atoms with E-state index in [1.54, 1.807) is 30.9 Å². The van der Waals surface area contributed by atoms with Crippen molar-refractivity contribution in [1.82, 2.24) is 19.7 Å². The van der Waals surface area contributed by atoms with Gasteiger partial charge in [-0.25, -0.2) is 14.2 Å². The van der Waals surface area contributed by atoms with Crippen LogP contribution in [0.3, 0.4) is 0 Å². The third-order valence-electron chi connectivity index (χ3n) is 6.41. The van der Waals surface area contributed by atoms with Crippen molar-refractivity contribution < 1.29 is 18.7 Å². The average Bonchev–Trinajstić information content (AvgIpc) is 3.31. The van der Waals surface area contributed by atoms with E-state index in [4.69, 9.17) is 4.74 Å². The fraction of sp³-hybridized carbons (Fsp3) is 0.429. The predicted octanol–water partition coefficient (Wildman–Crippen LogP) is 5.25. The van der Waals surface area contributed by atoms with Crippen molar-refractivity contribution in [3.63, 3.8) is 0 Å². The highest BCUT2D eigenvalue weighted by Gasteiger charge is 2.33. The number of aromatic nitrogens is 3. The Balaban J connectivity index is 1.55. The maximum atomic E-state index is 13.4. The zero-order chi connectivity index (χ0) is 27.6. The van der Waals surface area contributed by atoms with Crippen LogP contribution >= 0.6 is 0 Å². The zero-order valence-electron chi connectivity index (χ0n) is 22.7. The van der Waals surface area contributed by atoms with Gasteiger partial charge in [-0.3, -0.25) is 9.48 Å². The van der Waals surface area contributed by atoms with Crippen LogP contribution in [0.4, 0.5) is 20.7 Å². The number of fused-ring (bicyclic) bond motifs is 1. The molecule has 38 heavy (non-hydrogen) atoms. The van der Waals surface area contributed by atoms with E-state index in [0.29, 0.717) is 25.3 Å². The number of rotatable bonds is 6. The number of anilines is 2. The Labute approximate surface area is 222 Å². The Morgan fingerprint density at radius 2 is 1.95 bits per heavy atom. The van der Waals surface area contributed by atoms with Gasteiger partial charge in [0.25, 0.3) is 0 Å². The molecule has 3 heterocycles. The highest BCUT2D eigenvalue weighted by Crippen LogP contribution is 2.41. The summed E-state index contributed by atoms with van der Waals surface area (Å²) in [6.07, 6.45) is 5.20. The number of halogens is 1. The molecule has 0 fully saturated rings. The van der Waals surface area contributed by atoms with Crippen LogP contribution in [0.15, 0.2) is 48.9 Å². The number of pyridine rings is 1. The Kier molecular flexibility index (Phi) is 7.71. The molecule has 1 aliphatic rings. The van der Waals surface area contributed by atoms with Crippen molar-refractivity contribution >= 4 is 23.5 Å². The largest absolute Gasteiger partial charge is 0.444 e. The van der Waals surface area contributed by atoms with Crippen LogP contribution < -0.4 is 10.2 Å². The van der Waals surface area contributed by atoms with E-state index in [2.05, 4.69) is 21.5 Å². The topological polar surface area (TPSA) is 92.6 Å². The lowest BCUT2D eigenvalue weighted by atomic mass is 9.89. The summed E-state index contributed by atoms with van der Waals surface area (Å²) in [7, 11) is 1.70. The lowest BCUT2D eigenvalue weighted by molar-refractivity contribution is -0.117. The molecule has 10 heteroatoms. The Morgan fingerprint density at radius 1 is 1.18 bits per heavy atom. The van der Waals surface area contributed by atoms with E-state index in [9.17, 15) is 14.0 Å². The van der Waals surface area contributed by atoms with Gasteiger partial charge in [0.05, 0.1) is 25.0 Å². The van der Waals surface area contributed by atoms with Gasteiger partial charge in [-0.2, -0.15) is 5.10 Å². The molecule has 0 spiro atoms. The summed E-state index contributed by atoms with van der Waals surface area (Å²) in [6, 6.07) is 8.84. The highest BCUT2D eigenvalue weighted by molar-refractivity contribution is 5.94. The first-order valence-electron chi connectivity index (χ1n) is 12.7. The number of nitrogens with zero attached hydrogens (tertiary/aromatic N) is 5. The second-order valence-electron chi connectivity index (χ2n) is 10.7. The number of hydrogen-bond donors (Lipinski definition) is 1. The maximum Gasteiger partial charge on any atom is 0.410 e. The van der Waals surface area contributed by atoms with Gasteiger partial charge in [0.1, 0.15) is 17.2 Å². The van der Waals surface area contributed by atoms with Gasteiger partial charge < -0.3 is 19.9 Å². The van der Waals surface area contributed by atoms with Gasteiger partial charge in [-0.05, 0) is 69.5 Å². The third-order valence-corrected chi connectivity index (χ3v) is 6.41. The summed E-state index contributed by atoms with van der Waals surface area (Å²) in [5.74, 6) is 0.150. The summed E-state index contributed by atoms with van der Waals surface area (Å²) >= 11 is 0. The van der Waals surface area contributed by atoms with Crippen LogP contribution in [0.25, 0.3) is 11.1 Å². The minimum atomic E-state index is -0.550. The number of carbonyl (C=O) groups excluding carboxylic acids is 2. The molecule has 3 aromatic rings. The molecule has 202 valence electrons. The van der Waals surface area contributed by atoms with Gasteiger partial charge in [-0.15, -0.1) is 0 Å². The summed E-state index contributed by atoms with van der Waals surface area (Å²) in [5, 5.41) is 7.88. The normalized spacial score (nSPS) is 17.1. The molecular formula is C28H35FN6O3. The van der Waals surface area contributed by atoms with Gasteiger partial charge >= 0.3 is 6.09 Å². The summed E-state index contributed by atoms with van der Waals surface area (Å²) in [4.78, 5) is 32.2. The van der Waals surface area contributed by atoms with Gasteiger partial charge in [0.15, 0.2) is 0 Å². The molecule has 1 aliphatic heterocycles. The zero-order valence-corrected chi connectivity index (χ0v) is 22.7. The SMILES string of the molecule is CC(=O)N1c2ccc(-c3cnn(CCN(C)C(=O)OC(C)(C)C)c3)cc2[C@H](Nc2ccc(F)cn2)C[C@@H]1C. The van der Waals surface area contributed by atoms with Crippen LogP contribution in [0.5, 0.6) is 0 Å². The van der Waals surface area contributed by atoms with E-state index in [1.165, 1.54) is 17.2 Å². The molecule has 0 saturated heterocycles. The molecule has 2 atom stereocenters. The maximum absolute atomic E-state index is 13.4. The van der Waals surface area contributed by atoms with Gasteiger partial charge in [0.2, 0.25) is 5.91 Å². The molecule has 0 aliphatic carbocycles. The van der Waals surface area contributed by atoms with Crippen molar-refractivity contribution in [3.05, 3.63) is 60.3 Å². The van der Waals surface area contributed by atoms with Crippen molar-refractivity contribution in [2.24, 2.45) is 0 Å². The van der Waals surface area contributed by atoms with Crippen molar-refractivity contribution in [1.29, 1.82) is 0 Å². The average molecular weight is 523 g/mol. The minimum absolute atomic E-state index is 0.0199. The van der Waals surface area contributed by atoms with Crippen molar-refractivity contribution in [3.8, 4) is 11.1 Å². The van der Waals surface area contributed by atoms with E-state index in [0.717, 1.165) is 22.4 Å². The molecule has 0 radical (unpaired) electrons. The van der Waals surface area contributed by atoms with E-state index >= 15 is 0 Å². The summed E-state index contributed by atoms with van der Waals surface area (Å²) in [5.41, 5.74) is 3.11. The number of hydrogen-bond acceptors (Lipinski definition) is 6. The molecular weight excluding hydrogens is 487 g/mol. The monoisotopic (exact) mass is 522 g/mol. The molecule has 2 amide bonds. The van der Waals surface area contributed by atoms with Crippen LogP contribution in [0, 0.1) is 5.82 Å². The number of carbonyl (C=O) groups is 2. The van der Waals surface area contributed by atoms with Crippen molar-refractivity contribution in [2.45, 2.75) is 65.3 Å². The molecule has 1 N–H and O–H groups in total. The molecule has 0 saturated carbocycles. The lowest BCUT2D eigenvalue weighted by Gasteiger charge is -2.39. The van der Waals surface area contributed by atoms with Crippen molar-refractivity contribution in [2.75, 3.05) is 23.8 Å². The summed E-state index contributed by atoms with van der Waals surface area (Å²) < 4.78 is 20.6. The molecule has 4 rings (SSSR count). The highest BCUT2D eigenvalue weighted by atomic mass is 19.1. The van der Waals surface area contributed by atoms with Gasteiger partial charge in [0, 0.05) is 44.0 Å². The Bertz CT molecular complexity index is 1300. The number of benzene rings is 1. The molecule has 1 aromatic carbocycles. The molecule has 0 bridgehead atoms. The lowest BCUT2D eigenvalue weighted by Crippen LogP contribution is -2.43. The standard InChI is InChI=1S/C28H35FN6O3/c1-18-13-24(32-26-10-8-22(29)16-30-26)23-14-20(7-9-25(23)35(18)19(2)36)21-15-31-34(17-21)12-11-33(6)27(37)38-28(3,4)5/h7-10,14-18,24H,11-13H2,1-6H3,(H,30,32)/t18-,24+/m0/s1. The van der Waals surface area contributed by atoms with Crippen LogP contribution in [-0.2, 0) is 16.1 Å². The van der Waals surface area contributed by atoms with E-state index in [-0.39, 0.29) is 24.1 Å². The molecule has 2 aromatic heterocycles. The quantitative estimate of drug-likeness (QED) is 0.475. The fourth-order valence-corrected chi connectivity index (χ4v) is 4.62. The number of ether oxygens (including phenoxy) is 1. The first-order valence-corrected chi connectivity index (χ1v) is 12.7. The second kappa shape index (κ2) is 10.8. The smallest absolute Gasteiger partial charge is 0.410 e. The van der Waals surface area contributed by atoms with Crippen LogP contribution in [0.1, 0.15) is 52.6 Å². The molecule has 9 nitrogen and oxygen atoms in total. The van der Waals surface area contributed by atoms with Gasteiger partial charge in [-0.1, -0.05) is 6.07 Å². The van der Waals surface area contributed by atoms with Crippen LogP contribution in [0.2, 0.25) is 0 Å². The number of likely N-dealkylation sites (N-methyl/N-ethyl adjacent to an activating group) is 1. The van der Waals surface area contributed by atoms with E-state index in [1.807, 2.05) is 50.9 Å². The first kappa shape index (κ1) is 27.1. The Hall–Kier alpha value is -3.95. The second-order valence-corrected chi connectivity index (χ2v) is 10.7. The molecule has 0 unspecified atom stereocenters. The third kappa shape index (κ3) is 6.30. The number of nitrogens with one attached hydrogen (secondary N) is 1. The fourth-order valence-electron chi connectivity index (χ4n) is 4.62. The minimum Gasteiger partial charge on any atom is -0.444 e. The summed E-state index contributed by atoms with van der Waals surface area (Å²) in [6.45, 7) is 10.1. The van der Waals surface area contributed by atoms with Crippen LogP contribution in [-0.4, -0.2) is 56.9 Å².